The van der Waals surface area contributed by atoms with Gasteiger partial charge < -0.3 is 21.9 Å². The van der Waals surface area contributed by atoms with E-state index >= 15 is 0 Å². The van der Waals surface area contributed by atoms with Crippen molar-refractivity contribution in [3.63, 3.8) is 0 Å². The van der Waals surface area contributed by atoms with E-state index in [9.17, 15) is 5.11 Å². The number of anilines is 4. The lowest BCUT2D eigenvalue weighted by molar-refractivity contribution is 0.467. The third-order valence-corrected chi connectivity index (χ3v) is 3.65. The minimum absolute atomic E-state index is 0. The van der Waals surface area contributed by atoms with Gasteiger partial charge in [-0.15, -0.1) is 24.8 Å². The van der Waals surface area contributed by atoms with E-state index in [1.54, 1.807) is 0 Å². The summed E-state index contributed by atoms with van der Waals surface area (Å²) in [4.78, 5) is 0. The summed E-state index contributed by atoms with van der Waals surface area (Å²) in [5.41, 5.74) is 18.7. The molecule has 4 nitrogen and oxygen atoms in total. The molecule has 0 heterocycles. The Bertz CT molecular complexity index is 665. The minimum atomic E-state index is 0. The summed E-state index contributed by atoms with van der Waals surface area (Å²) in [6.45, 7) is 7.61. The van der Waals surface area contributed by atoms with Crippen molar-refractivity contribution in [2.45, 2.75) is 27.7 Å². The molecule has 6 heteroatoms. The fourth-order valence-corrected chi connectivity index (χ4v) is 2.30. The number of hydrogen-bond donors (Lipinski definition) is 4. The second-order valence-electron chi connectivity index (χ2n) is 5.28. The Kier molecular flexibility index (Phi) is 6.87. The Hall–Kier alpha value is -1.78. The second-order valence-corrected chi connectivity index (χ2v) is 5.28. The molecule has 2 rings (SSSR count). The smallest absolute Gasteiger partial charge is 0.121 e. The van der Waals surface area contributed by atoms with Gasteiger partial charge in [0.05, 0.1) is 11.4 Å². The highest BCUT2D eigenvalue weighted by Gasteiger charge is 2.10. The molecule has 0 aliphatic heterocycles. The number of aromatic hydroxyl groups is 1. The van der Waals surface area contributed by atoms with Crippen LogP contribution < -0.4 is 16.8 Å². The van der Waals surface area contributed by atoms with Crippen LogP contribution in [0.3, 0.4) is 0 Å². The Morgan fingerprint density at radius 2 is 1.32 bits per heavy atom. The van der Waals surface area contributed by atoms with Crippen LogP contribution in [0.5, 0.6) is 5.75 Å². The number of benzene rings is 2. The van der Waals surface area contributed by atoms with Gasteiger partial charge in [0, 0.05) is 11.4 Å². The van der Waals surface area contributed by atoms with E-state index in [4.69, 9.17) is 11.5 Å². The number of aryl methyl sites for hydroxylation is 3. The molecule has 22 heavy (non-hydrogen) atoms. The lowest BCUT2D eigenvalue weighted by atomic mass is 10.0. The van der Waals surface area contributed by atoms with Gasteiger partial charge in [-0.3, -0.25) is 0 Å². The summed E-state index contributed by atoms with van der Waals surface area (Å²) < 4.78 is 0. The highest BCUT2D eigenvalue weighted by molar-refractivity contribution is 5.85. The number of halogens is 2. The fraction of sp³-hybridized carbons (Fsp3) is 0.250. The number of rotatable bonds is 2. The van der Waals surface area contributed by atoms with Crippen LogP contribution >= 0.6 is 24.8 Å². The molecule has 0 saturated heterocycles. The van der Waals surface area contributed by atoms with Gasteiger partial charge >= 0.3 is 0 Å². The van der Waals surface area contributed by atoms with Gasteiger partial charge in [-0.05, 0) is 68.1 Å². The van der Waals surface area contributed by atoms with Gasteiger partial charge in [-0.25, -0.2) is 0 Å². The summed E-state index contributed by atoms with van der Waals surface area (Å²) in [6, 6.07) is 5.72. The summed E-state index contributed by atoms with van der Waals surface area (Å²) >= 11 is 0. The molecule has 0 radical (unpaired) electrons. The Morgan fingerprint density at radius 1 is 0.818 bits per heavy atom. The molecule has 0 aromatic heterocycles. The van der Waals surface area contributed by atoms with Crippen LogP contribution in [-0.4, -0.2) is 5.11 Å². The molecule has 0 spiro atoms. The van der Waals surface area contributed by atoms with Gasteiger partial charge in [0.25, 0.3) is 0 Å². The molecular formula is C16H23Cl2N3O. The SMILES string of the molecule is Cc1cc(Nc2cc(C)c(O)c(C)c2)c(N)c(C)c1N.Cl.Cl. The van der Waals surface area contributed by atoms with E-state index in [2.05, 4.69) is 5.32 Å². The van der Waals surface area contributed by atoms with Crippen molar-refractivity contribution in [3.8, 4) is 5.75 Å². The van der Waals surface area contributed by atoms with Crippen molar-refractivity contribution in [1.29, 1.82) is 0 Å². The minimum Gasteiger partial charge on any atom is -0.507 e. The molecule has 0 unspecified atom stereocenters. The first-order valence-corrected chi connectivity index (χ1v) is 6.53. The van der Waals surface area contributed by atoms with E-state index in [0.717, 1.165) is 39.3 Å². The van der Waals surface area contributed by atoms with Crippen LogP contribution in [0.25, 0.3) is 0 Å². The lowest BCUT2D eigenvalue weighted by Gasteiger charge is -2.16. The molecule has 0 saturated carbocycles. The Labute approximate surface area is 143 Å². The topological polar surface area (TPSA) is 84.3 Å². The maximum atomic E-state index is 9.81. The largest absolute Gasteiger partial charge is 0.507 e. The lowest BCUT2D eigenvalue weighted by Crippen LogP contribution is -2.04. The molecule has 6 N–H and O–H groups in total. The molecule has 0 bridgehead atoms. The molecule has 2 aromatic carbocycles. The van der Waals surface area contributed by atoms with Crippen LogP contribution in [0.1, 0.15) is 22.3 Å². The zero-order valence-corrected chi connectivity index (χ0v) is 14.8. The predicted octanol–water partition coefficient (Wildman–Crippen LogP) is 4.38. The molecule has 0 aliphatic carbocycles. The highest BCUT2D eigenvalue weighted by Crippen LogP contribution is 2.34. The van der Waals surface area contributed by atoms with Gasteiger partial charge in [-0.2, -0.15) is 0 Å². The average Bonchev–Trinajstić information content (AvgIpc) is 2.39. The van der Waals surface area contributed by atoms with Gasteiger partial charge in [-0.1, -0.05) is 0 Å². The van der Waals surface area contributed by atoms with Crippen LogP contribution in [0.15, 0.2) is 18.2 Å². The number of hydrogen-bond acceptors (Lipinski definition) is 4. The van der Waals surface area contributed by atoms with Gasteiger partial charge in [0.1, 0.15) is 5.75 Å². The average molecular weight is 344 g/mol. The summed E-state index contributed by atoms with van der Waals surface area (Å²) in [5.74, 6) is 0.327. The van der Waals surface area contributed by atoms with Crippen LogP contribution in [-0.2, 0) is 0 Å². The summed E-state index contributed by atoms with van der Waals surface area (Å²) in [5, 5.41) is 13.1. The zero-order valence-electron chi connectivity index (χ0n) is 13.2. The molecule has 0 atom stereocenters. The standard InChI is InChI=1S/C16H21N3O.2ClH/c1-8-7-13(15(18)11(4)14(8)17)19-12-5-9(2)16(20)10(3)6-12;;/h5-7,19-20H,17-18H2,1-4H3;2*1H. The number of phenolic OH excluding ortho intramolecular Hbond substituents is 1. The normalized spacial score (nSPS) is 9.64. The summed E-state index contributed by atoms with van der Waals surface area (Å²) in [7, 11) is 0. The quantitative estimate of drug-likeness (QED) is 0.481. The Balaban J connectivity index is 0.00000220. The predicted molar refractivity (Wildman–Crippen MR) is 100 cm³/mol. The van der Waals surface area contributed by atoms with Crippen LogP contribution in [0, 0.1) is 27.7 Å². The first kappa shape index (κ1) is 20.2. The number of phenols is 1. The van der Waals surface area contributed by atoms with Gasteiger partial charge in [0.15, 0.2) is 0 Å². The maximum absolute atomic E-state index is 9.81. The van der Waals surface area contributed by atoms with Gasteiger partial charge in [0.2, 0.25) is 0 Å². The molecular weight excluding hydrogens is 321 g/mol. The van der Waals surface area contributed by atoms with Crippen molar-refractivity contribution in [2.75, 3.05) is 16.8 Å². The third-order valence-electron chi connectivity index (χ3n) is 3.65. The van der Waals surface area contributed by atoms with Crippen molar-refractivity contribution in [1.82, 2.24) is 0 Å². The first-order chi connectivity index (χ1) is 9.31. The molecule has 0 fully saturated rings. The third kappa shape index (κ3) is 3.70. The molecule has 2 aromatic rings. The summed E-state index contributed by atoms with van der Waals surface area (Å²) in [6.07, 6.45) is 0. The first-order valence-electron chi connectivity index (χ1n) is 6.53. The highest BCUT2D eigenvalue weighted by atomic mass is 35.5. The van der Waals surface area contributed by atoms with Crippen molar-refractivity contribution < 1.29 is 5.11 Å². The van der Waals surface area contributed by atoms with E-state index in [0.29, 0.717) is 11.4 Å². The van der Waals surface area contributed by atoms with Crippen molar-refractivity contribution in [2.24, 2.45) is 0 Å². The molecule has 0 amide bonds. The zero-order chi connectivity index (χ0) is 15.0. The molecule has 0 aliphatic rings. The van der Waals surface area contributed by atoms with E-state index in [-0.39, 0.29) is 24.8 Å². The van der Waals surface area contributed by atoms with E-state index in [1.807, 2.05) is 45.9 Å². The van der Waals surface area contributed by atoms with Crippen LogP contribution in [0.2, 0.25) is 0 Å². The molecule has 122 valence electrons. The van der Waals surface area contributed by atoms with E-state index in [1.165, 1.54) is 0 Å². The monoisotopic (exact) mass is 343 g/mol. The second kappa shape index (κ2) is 7.47. The number of nitrogens with one attached hydrogen (secondary N) is 1. The van der Waals surface area contributed by atoms with Crippen molar-refractivity contribution in [3.05, 3.63) is 40.5 Å². The van der Waals surface area contributed by atoms with Crippen LogP contribution in [0.4, 0.5) is 22.7 Å². The fourth-order valence-electron chi connectivity index (χ4n) is 2.30. The number of nitrogen functional groups attached to an aromatic ring is 2. The van der Waals surface area contributed by atoms with E-state index < -0.39 is 0 Å². The maximum Gasteiger partial charge on any atom is 0.121 e. The Morgan fingerprint density at radius 3 is 1.82 bits per heavy atom. The number of nitrogens with two attached hydrogens (primary N) is 2. The van der Waals surface area contributed by atoms with Crippen molar-refractivity contribution >= 4 is 47.6 Å².